The van der Waals surface area contributed by atoms with E-state index in [0.717, 1.165) is 12.1 Å². The Kier molecular flexibility index (Phi) is 6.60. The maximum atomic E-state index is 14.1. The van der Waals surface area contributed by atoms with E-state index in [1.54, 1.807) is 27.7 Å². The van der Waals surface area contributed by atoms with Crippen molar-refractivity contribution < 1.29 is 35.5 Å². The van der Waals surface area contributed by atoms with Crippen LogP contribution in [0.4, 0.5) is 36.4 Å². The smallest absolute Gasteiger partial charge is 0.366 e. The first kappa shape index (κ1) is 26.1. The largest absolute Gasteiger partial charge is 0.416 e. The molecular formula is C26H23F7N4O. The summed E-state index contributed by atoms with van der Waals surface area (Å²) in [5.41, 5.74) is -2.11. The summed E-state index contributed by atoms with van der Waals surface area (Å²) >= 11 is 0. The van der Waals surface area contributed by atoms with Gasteiger partial charge in [-0.1, -0.05) is 12.1 Å². The molecule has 0 N–H and O–H groups in total. The van der Waals surface area contributed by atoms with Gasteiger partial charge in [-0.05, 0) is 42.3 Å². The molecule has 2 aliphatic heterocycles. The quantitative estimate of drug-likeness (QED) is 0.398. The normalized spacial score (nSPS) is 18.4. The zero-order valence-corrected chi connectivity index (χ0v) is 20.0. The molecule has 0 unspecified atom stereocenters. The molecule has 1 amide bonds. The van der Waals surface area contributed by atoms with Crippen LogP contribution in [0, 0.1) is 5.82 Å². The number of carbonyl (C=O) groups is 1. The molecule has 1 atom stereocenters. The highest BCUT2D eigenvalue weighted by Crippen LogP contribution is 2.39. The second kappa shape index (κ2) is 9.63. The average Bonchev–Trinajstić information content (AvgIpc) is 3.31. The number of nitrogens with zero attached hydrogens (tertiary/aromatic N) is 4. The van der Waals surface area contributed by atoms with Gasteiger partial charge in [-0.2, -0.15) is 26.3 Å². The van der Waals surface area contributed by atoms with Gasteiger partial charge in [-0.25, -0.2) is 9.37 Å². The second-order valence-electron chi connectivity index (χ2n) is 9.50. The van der Waals surface area contributed by atoms with Crippen LogP contribution in [-0.4, -0.2) is 46.5 Å². The summed E-state index contributed by atoms with van der Waals surface area (Å²) in [5, 5.41) is 0. The maximum Gasteiger partial charge on any atom is 0.416 e. The number of fused-ring (bicyclic) bond motifs is 1. The van der Waals surface area contributed by atoms with Crippen molar-refractivity contribution in [3.05, 3.63) is 82.7 Å². The molecular weight excluding hydrogens is 517 g/mol. The number of carbonyl (C=O) groups excluding carboxylic acids is 1. The van der Waals surface area contributed by atoms with Crippen molar-refractivity contribution in [1.82, 2.24) is 14.5 Å². The summed E-state index contributed by atoms with van der Waals surface area (Å²) in [4.78, 5) is 20.9. The zero-order chi connectivity index (χ0) is 27.2. The first-order chi connectivity index (χ1) is 17.9. The first-order valence-corrected chi connectivity index (χ1v) is 12.0. The molecule has 0 radical (unpaired) electrons. The van der Waals surface area contributed by atoms with Gasteiger partial charge in [0.05, 0.1) is 16.8 Å². The summed E-state index contributed by atoms with van der Waals surface area (Å²) in [5.74, 6) is -0.716. The lowest BCUT2D eigenvalue weighted by molar-refractivity contribution is -0.143. The number of rotatable bonds is 3. The Morgan fingerprint density at radius 2 is 1.53 bits per heavy atom. The molecule has 5 nitrogen and oxygen atoms in total. The van der Waals surface area contributed by atoms with Crippen LogP contribution in [0.5, 0.6) is 0 Å². The fourth-order valence-electron chi connectivity index (χ4n) is 5.05. The molecule has 12 heteroatoms. The summed E-state index contributed by atoms with van der Waals surface area (Å²) in [6.07, 6.45) is -7.73. The minimum absolute atomic E-state index is 0.0522. The molecule has 0 spiro atoms. The highest BCUT2D eigenvalue weighted by Gasteiger charge is 2.38. The van der Waals surface area contributed by atoms with Gasteiger partial charge in [-0.3, -0.25) is 4.79 Å². The van der Waals surface area contributed by atoms with Gasteiger partial charge in [0.1, 0.15) is 17.3 Å². The number of aryl methyl sites for hydroxylation is 1. The number of piperazine rings is 1. The third-order valence-corrected chi connectivity index (χ3v) is 7.05. The van der Waals surface area contributed by atoms with E-state index in [9.17, 15) is 35.5 Å². The van der Waals surface area contributed by atoms with Crippen molar-refractivity contribution in [1.29, 1.82) is 0 Å². The number of amides is 1. The zero-order valence-electron chi connectivity index (χ0n) is 20.0. The number of imidazole rings is 1. The lowest BCUT2D eigenvalue weighted by Crippen LogP contribution is -2.49. The predicted octanol–water partition coefficient (Wildman–Crippen LogP) is 5.75. The van der Waals surface area contributed by atoms with E-state index >= 15 is 0 Å². The molecule has 5 rings (SSSR count). The fraction of sp³-hybridized carbons (Fsp3) is 0.385. The first-order valence-electron chi connectivity index (χ1n) is 12.0. The molecule has 0 saturated carbocycles. The minimum Gasteiger partial charge on any atom is -0.366 e. The number of aromatic nitrogens is 2. The monoisotopic (exact) mass is 540 g/mol. The van der Waals surface area contributed by atoms with Crippen LogP contribution in [-0.2, 0) is 25.3 Å². The van der Waals surface area contributed by atoms with Crippen LogP contribution in [0.3, 0.4) is 0 Å². The Hall–Kier alpha value is -3.57. The van der Waals surface area contributed by atoms with E-state index in [2.05, 4.69) is 4.98 Å². The molecule has 38 heavy (non-hydrogen) atoms. The van der Waals surface area contributed by atoms with E-state index in [4.69, 9.17) is 0 Å². The number of halogens is 7. The van der Waals surface area contributed by atoms with Crippen molar-refractivity contribution in [2.24, 2.45) is 0 Å². The molecule has 3 aromatic rings. The molecule has 2 aromatic carbocycles. The van der Waals surface area contributed by atoms with Gasteiger partial charge in [0.15, 0.2) is 0 Å². The maximum absolute atomic E-state index is 14.1. The van der Waals surface area contributed by atoms with Crippen LogP contribution in [0.1, 0.15) is 45.3 Å². The van der Waals surface area contributed by atoms with Crippen LogP contribution in [0.25, 0.3) is 0 Å². The van der Waals surface area contributed by atoms with Crippen molar-refractivity contribution in [2.75, 3.05) is 31.1 Å². The Morgan fingerprint density at radius 3 is 2.13 bits per heavy atom. The number of alkyl halides is 6. The van der Waals surface area contributed by atoms with Crippen molar-refractivity contribution >= 4 is 11.6 Å². The van der Waals surface area contributed by atoms with Crippen molar-refractivity contribution in [3.63, 3.8) is 0 Å². The summed E-state index contributed by atoms with van der Waals surface area (Å²) in [6.45, 7) is 1.67. The predicted molar refractivity (Wildman–Crippen MR) is 124 cm³/mol. The van der Waals surface area contributed by atoms with Crippen LogP contribution in [0.15, 0.2) is 48.7 Å². The van der Waals surface area contributed by atoms with Gasteiger partial charge in [-0.15, -0.1) is 0 Å². The van der Waals surface area contributed by atoms with Crippen LogP contribution < -0.4 is 4.90 Å². The Bertz CT molecular complexity index is 1310. The van der Waals surface area contributed by atoms with Crippen LogP contribution in [0.2, 0.25) is 0 Å². The SMILES string of the molecule is O=C(c1cn2c(n1)CC[C@H](c1cc(C(F)(F)F)cc(C(F)(F)F)c1)C2)N1CCN(c2ccccc2F)CC1. The number of hydrogen-bond acceptors (Lipinski definition) is 3. The third-order valence-electron chi connectivity index (χ3n) is 7.05. The lowest BCUT2D eigenvalue weighted by Gasteiger charge is -2.35. The van der Waals surface area contributed by atoms with E-state index in [1.807, 2.05) is 4.90 Å². The molecule has 0 bridgehead atoms. The molecule has 1 saturated heterocycles. The van der Waals surface area contributed by atoms with Gasteiger partial charge >= 0.3 is 12.4 Å². The Labute approximate surface area is 213 Å². The molecule has 202 valence electrons. The summed E-state index contributed by atoms with van der Waals surface area (Å²) < 4.78 is 95.6. The van der Waals surface area contributed by atoms with Crippen molar-refractivity contribution in [3.8, 4) is 0 Å². The molecule has 2 aliphatic rings. The topological polar surface area (TPSA) is 41.4 Å². The standard InChI is InChI=1S/C26H23F7N4O/c27-20-3-1-2-4-22(20)35-7-9-36(10-8-35)24(38)21-15-37-14-16(5-6-23(37)34-21)17-11-18(25(28,29)30)13-19(12-17)26(31,32)33/h1-4,11-13,15-16H,5-10,14H2/t16-/m0/s1. The number of benzene rings is 2. The average molecular weight is 540 g/mol. The van der Waals surface area contributed by atoms with Gasteiger partial charge < -0.3 is 14.4 Å². The third kappa shape index (κ3) is 5.21. The fourth-order valence-corrected chi connectivity index (χ4v) is 5.05. The van der Waals surface area contributed by atoms with E-state index in [-0.39, 0.29) is 35.6 Å². The highest BCUT2D eigenvalue weighted by molar-refractivity contribution is 5.92. The number of hydrogen-bond donors (Lipinski definition) is 0. The molecule has 1 aromatic heterocycles. The molecule has 0 aliphatic carbocycles. The Balaban J connectivity index is 1.30. The van der Waals surface area contributed by atoms with Crippen LogP contribution >= 0.6 is 0 Å². The summed E-state index contributed by atoms with van der Waals surface area (Å²) in [6, 6.07) is 8.05. The van der Waals surface area contributed by atoms with Gasteiger partial charge in [0.25, 0.3) is 5.91 Å². The number of anilines is 1. The van der Waals surface area contributed by atoms with E-state index < -0.39 is 29.4 Å². The summed E-state index contributed by atoms with van der Waals surface area (Å²) in [7, 11) is 0. The highest BCUT2D eigenvalue weighted by atomic mass is 19.4. The second-order valence-corrected chi connectivity index (χ2v) is 9.50. The molecule has 3 heterocycles. The van der Waals surface area contributed by atoms with Crippen molar-refractivity contribution in [2.45, 2.75) is 37.7 Å². The minimum atomic E-state index is -4.92. The number of para-hydroxylation sites is 1. The van der Waals surface area contributed by atoms with E-state index in [0.29, 0.717) is 50.5 Å². The Morgan fingerprint density at radius 1 is 0.895 bits per heavy atom. The van der Waals surface area contributed by atoms with Gasteiger partial charge in [0, 0.05) is 51.3 Å². The molecule has 1 fully saturated rings. The lowest BCUT2D eigenvalue weighted by atomic mass is 9.89. The van der Waals surface area contributed by atoms with Gasteiger partial charge in [0.2, 0.25) is 0 Å². The van der Waals surface area contributed by atoms with E-state index in [1.165, 1.54) is 12.3 Å².